The minimum absolute atomic E-state index is 0.0528. The molecule has 0 atom stereocenters. The molecule has 2 aliphatic heterocycles. The van der Waals surface area contributed by atoms with Crippen molar-refractivity contribution in [3.8, 4) is 0 Å². The van der Waals surface area contributed by atoms with Gasteiger partial charge in [-0.25, -0.2) is 4.90 Å². The Balaban J connectivity index is 1.98. The van der Waals surface area contributed by atoms with E-state index in [0.717, 1.165) is 37.3 Å². The first-order valence-corrected chi connectivity index (χ1v) is 8.12. The number of carbonyl (C=O) groups is 2. The maximum atomic E-state index is 12.7. The summed E-state index contributed by atoms with van der Waals surface area (Å²) in [5.41, 5.74) is 0.525. The van der Waals surface area contributed by atoms with E-state index >= 15 is 0 Å². The molecule has 22 heavy (non-hydrogen) atoms. The van der Waals surface area contributed by atoms with E-state index in [0.29, 0.717) is 5.02 Å². The molecule has 0 N–H and O–H groups in total. The molecule has 1 fully saturated rings. The van der Waals surface area contributed by atoms with Crippen molar-refractivity contribution in [3.05, 3.63) is 39.0 Å². The van der Waals surface area contributed by atoms with Gasteiger partial charge in [0.05, 0.1) is 10.7 Å². The first-order chi connectivity index (χ1) is 10.5. The van der Waals surface area contributed by atoms with Crippen LogP contribution in [0, 0.1) is 0 Å². The van der Waals surface area contributed by atoms with Crippen molar-refractivity contribution in [1.29, 1.82) is 0 Å². The van der Waals surface area contributed by atoms with Gasteiger partial charge in [0.15, 0.2) is 0 Å². The normalized spacial score (nSPS) is 19.4. The number of anilines is 1. The lowest BCUT2D eigenvalue weighted by Crippen LogP contribution is -2.37. The summed E-state index contributed by atoms with van der Waals surface area (Å²) in [5, 5.41) is 0.612. The fraction of sp³-hybridized carbons (Fsp3) is 0.333. The van der Waals surface area contributed by atoms with Crippen LogP contribution in [0.1, 0.15) is 19.3 Å². The molecule has 7 heteroatoms. The highest BCUT2D eigenvalue weighted by Crippen LogP contribution is 2.37. The van der Waals surface area contributed by atoms with Crippen molar-refractivity contribution in [3.63, 3.8) is 0 Å². The zero-order valence-corrected chi connectivity index (χ0v) is 13.9. The minimum atomic E-state index is -0.559. The van der Waals surface area contributed by atoms with Crippen LogP contribution < -0.4 is 4.90 Å². The smallest absolute Gasteiger partial charge is 0.283 e. The van der Waals surface area contributed by atoms with E-state index in [4.69, 9.17) is 34.8 Å². The predicted octanol–water partition coefficient (Wildman–Crippen LogP) is 3.80. The van der Waals surface area contributed by atoms with Crippen LogP contribution in [0.4, 0.5) is 5.69 Å². The Morgan fingerprint density at radius 2 is 1.59 bits per heavy atom. The number of rotatable bonds is 2. The Bertz CT molecular complexity index is 681. The predicted molar refractivity (Wildman–Crippen MR) is 87.3 cm³/mol. The molecule has 2 aliphatic rings. The number of hydrogen-bond donors (Lipinski definition) is 0. The third-order valence-electron chi connectivity index (χ3n) is 3.83. The number of carbonyl (C=O) groups excluding carboxylic acids is 2. The molecule has 3 rings (SSSR count). The molecule has 0 unspecified atom stereocenters. The first-order valence-electron chi connectivity index (χ1n) is 6.99. The topological polar surface area (TPSA) is 40.6 Å². The number of halogens is 3. The highest BCUT2D eigenvalue weighted by atomic mass is 35.5. The summed E-state index contributed by atoms with van der Waals surface area (Å²) in [7, 11) is 0. The van der Waals surface area contributed by atoms with Gasteiger partial charge in [0, 0.05) is 18.1 Å². The molecule has 1 aromatic rings. The van der Waals surface area contributed by atoms with Crippen LogP contribution >= 0.6 is 34.8 Å². The summed E-state index contributed by atoms with van der Waals surface area (Å²) in [4.78, 5) is 28.0. The fourth-order valence-corrected chi connectivity index (χ4v) is 3.41. The molecule has 0 radical (unpaired) electrons. The monoisotopic (exact) mass is 358 g/mol. The fourth-order valence-electron chi connectivity index (χ4n) is 2.76. The summed E-state index contributed by atoms with van der Waals surface area (Å²) in [6.07, 6.45) is 3.08. The molecule has 0 saturated carbocycles. The number of piperidine rings is 1. The van der Waals surface area contributed by atoms with Crippen LogP contribution in [-0.4, -0.2) is 29.8 Å². The van der Waals surface area contributed by atoms with Crippen molar-refractivity contribution in [1.82, 2.24) is 4.90 Å². The summed E-state index contributed by atoms with van der Waals surface area (Å²) < 4.78 is 0. The Morgan fingerprint density at radius 3 is 2.27 bits per heavy atom. The summed E-state index contributed by atoms with van der Waals surface area (Å²) in [5.74, 6) is -1.00. The van der Waals surface area contributed by atoms with Gasteiger partial charge in [0.2, 0.25) is 0 Å². The molecule has 1 aromatic carbocycles. The van der Waals surface area contributed by atoms with Crippen molar-refractivity contribution in [2.45, 2.75) is 19.3 Å². The zero-order chi connectivity index (χ0) is 15.9. The second-order valence-corrected chi connectivity index (χ2v) is 6.47. The van der Waals surface area contributed by atoms with E-state index in [1.165, 1.54) is 6.07 Å². The Hall–Kier alpha value is -1.23. The van der Waals surface area contributed by atoms with Crippen LogP contribution in [0.5, 0.6) is 0 Å². The Labute approximate surface area is 143 Å². The Kier molecular flexibility index (Phi) is 4.35. The van der Waals surface area contributed by atoms with Crippen LogP contribution in [0.2, 0.25) is 10.0 Å². The maximum absolute atomic E-state index is 12.7. The number of amides is 2. The third kappa shape index (κ3) is 2.60. The molecule has 0 spiro atoms. The van der Waals surface area contributed by atoms with Gasteiger partial charge in [-0.15, -0.1) is 0 Å². The summed E-state index contributed by atoms with van der Waals surface area (Å²) >= 11 is 18.2. The van der Waals surface area contributed by atoms with E-state index in [2.05, 4.69) is 0 Å². The number of nitrogens with zero attached hydrogens (tertiary/aromatic N) is 2. The van der Waals surface area contributed by atoms with Crippen molar-refractivity contribution < 1.29 is 9.59 Å². The van der Waals surface area contributed by atoms with Gasteiger partial charge in [0.25, 0.3) is 11.8 Å². The van der Waals surface area contributed by atoms with E-state index in [9.17, 15) is 9.59 Å². The molecule has 116 valence electrons. The van der Waals surface area contributed by atoms with Crippen LogP contribution in [0.15, 0.2) is 28.9 Å². The van der Waals surface area contributed by atoms with E-state index < -0.39 is 11.8 Å². The average Bonchev–Trinajstić information content (AvgIpc) is 2.73. The zero-order valence-electron chi connectivity index (χ0n) is 11.6. The molecule has 2 heterocycles. The van der Waals surface area contributed by atoms with E-state index in [1.807, 2.05) is 4.90 Å². The second-order valence-electron chi connectivity index (χ2n) is 5.25. The summed E-state index contributed by atoms with van der Waals surface area (Å²) in [6.45, 7) is 1.45. The lowest BCUT2D eigenvalue weighted by atomic mass is 10.1. The molecule has 4 nitrogen and oxygen atoms in total. The Morgan fingerprint density at radius 1 is 0.909 bits per heavy atom. The van der Waals surface area contributed by atoms with Gasteiger partial charge in [-0.05, 0) is 37.5 Å². The molecule has 1 saturated heterocycles. The van der Waals surface area contributed by atoms with Gasteiger partial charge >= 0.3 is 0 Å². The lowest BCUT2D eigenvalue weighted by molar-refractivity contribution is -0.121. The standard InChI is InChI=1S/C15H13Cl3N2O2/c16-9-4-5-10(17)11(8-9)20-14(21)12(18)13(15(20)22)19-6-2-1-3-7-19/h4-5,8H,1-3,6-7H2. The SMILES string of the molecule is O=C1C(Cl)=C(N2CCCCC2)C(=O)N1c1cc(Cl)ccc1Cl. The van der Waals surface area contributed by atoms with E-state index in [1.54, 1.807) is 12.1 Å². The quantitative estimate of drug-likeness (QED) is 0.754. The van der Waals surface area contributed by atoms with E-state index in [-0.39, 0.29) is 21.4 Å². The number of imide groups is 1. The van der Waals surface area contributed by atoms with Gasteiger partial charge in [0.1, 0.15) is 10.7 Å². The van der Waals surface area contributed by atoms with Crippen molar-refractivity contribution in [2.24, 2.45) is 0 Å². The van der Waals surface area contributed by atoms with Crippen LogP contribution in [0.25, 0.3) is 0 Å². The maximum Gasteiger partial charge on any atom is 0.283 e. The molecule has 2 amide bonds. The molecular weight excluding hydrogens is 347 g/mol. The number of likely N-dealkylation sites (tertiary alicyclic amines) is 1. The largest absolute Gasteiger partial charge is 0.366 e. The highest BCUT2D eigenvalue weighted by molar-refractivity contribution is 6.53. The molecule has 0 bridgehead atoms. The summed E-state index contributed by atoms with van der Waals surface area (Å²) in [6, 6.07) is 4.63. The average molecular weight is 360 g/mol. The van der Waals surface area contributed by atoms with Crippen LogP contribution in [-0.2, 0) is 9.59 Å². The van der Waals surface area contributed by atoms with Crippen molar-refractivity contribution in [2.75, 3.05) is 18.0 Å². The van der Waals surface area contributed by atoms with Gasteiger partial charge < -0.3 is 4.90 Å². The molecule has 0 aliphatic carbocycles. The first kappa shape index (κ1) is 15.7. The number of hydrogen-bond acceptors (Lipinski definition) is 3. The van der Waals surface area contributed by atoms with Gasteiger partial charge in [-0.1, -0.05) is 34.8 Å². The highest BCUT2D eigenvalue weighted by Gasteiger charge is 2.42. The van der Waals surface area contributed by atoms with Gasteiger partial charge in [-0.3, -0.25) is 9.59 Å². The molecule has 0 aromatic heterocycles. The second kappa shape index (κ2) is 6.11. The number of benzene rings is 1. The minimum Gasteiger partial charge on any atom is -0.366 e. The van der Waals surface area contributed by atoms with Crippen LogP contribution in [0.3, 0.4) is 0 Å². The van der Waals surface area contributed by atoms with Gasteiger partial charge in [-0.2, -0.15) is 0 Å². The third-order valence-corrected chi connectivity index (χ3v) is 4.72. The molecular formula is C15H13Cl3N2O2. The van der Waals surface area contributed by atoms with Crippen molar-refractivity contribution >= 4 is 52.3 Å². The lowest BCUT2D eigenvalue weighted by Gasteiger charge is -2.29.